The predicted octanol–water partition coefficient (Wildman–Crippen LogP) is 0.942. The number of esters is 1. The molecule has 1 heterocycles. The van der Waals surface area contributed by atoms with Crippen LogP contribution in [0.5, 0.6) is 5.75 Å². The molecule has 0 aliphatic carbocycles. The minimum atomic E-state index is -1.20. The Labute approximate surface area is 150 Å². The average Bonchev–Trinajstić information content (AvgIpc) is 2.54. The molecule has 1 aromatic carbocycles. The molecule has 140 valence electrons. The number of carbonyl (C=O) groups excluding carboxylic acids is 4. The first-order valence-corrected chi connectivity index (χ1v) is 8.13. The van der Waals surface area contributed by atoms with Crippen molar-refractivity contribution in [1.82, 2.24) is 10.6 Å². The van der Waals surface area contributed by atoms with Crippen molar-refractivity contribution in [3.05, 3.63) is 24.3 Å². The van der Waals surface area contributed by atoms with E-state index in [9.17, 15) is 19.2 Å². The number of fused-ring (bicyclic) bond motifs is 1. The van der Waals surface area contributed by atoms with Gasteiger partial charge in [-0.25, -0.2) is 4.79 Å². The van der Waals surface area contributed by atoms with Gasteiger partial charge in [0.2, 0.25) is 0 Å². The molecule has 26 heavy (non-hydrogen) atoms. The van der Waals surface area contributed by atoms with E-state index in [1.807, 2.05) is 0 Å². The molecule has 1 aliphatic rings. The van der Waals surface area contributed by atoms with Crippen LogP contribution in [-0.4, -0.2) is 42.1 Å². The lowest BCUT2D eigenvalue weighted by Crippen LogP contribution is -2.47. The second-order valence-electron chi connectivity index (χ2n) is 6.05. The highest BCUT2D eigenvalue weighted by molar-refractivity contribution is 6.00. The third-order valence-corrected chi connectivity index (χ3v) is 3.39. The van der Waals surface area contributed by atoms with Crippen molar-refractivity contribution in [2.45, 2.75) is 45.4 Å². The molecule has 0 fully saturated rings. The molecule has 9 heteroatoms. The second-order valence-corrected chi connectivity index (χ2v) is 6.05. The molecular formula is C17H21N3O6. The van der Waals surface area contributed by atoms with E-state index in [4.69, 9.17) is 9.47 Å². The van der Waals surface area contributed by atoms with Crippen LogP contribution in [0.15, 0.2) is 24.3 Å². The number of hydrogen-bond donors (Lipinski definition) is 3. The Morgan fingerprint density at radius 3 is 2.62 bits per heavy atom. The van der Waals surface area contributed by atoms with E-state index >= 15 is 0 Å². The van der Waals surface area contributed by atoms with Crippen LogP contribution >= 0.6 is 0 Å². The van der Waals surface area contributed by atoms with E-state index in [0.717, 1.165) is 0 Å². The Bertz CT molecular complexity index is 718. The highest BCUT2D eigenvalue weighted by Gasteiger charge is 2.31. The predicted molar refractivity (Wildman–Crippen MR) is 91.5 cm³/mol. The fourth-order valence-corrected chi connectivity index (χ4v) is 2.19. The number of urea groups is 1. The zero-order chi connectivity index (χ0) is 19.3. The molecule has 1 aliphatic heterocycles. The van der Waals surface area contributed by atoms with E-state index in [0.29, 0.717) is 11.4 Å². The molecule has 2 rings (SSSR count). The van der Waals surface area contributed by atoms with Gasteiger partial charge in [-0.2, -0.15) is 0 Å². The molecule has 0 unspecified atom stereocenters. The van der Waals surface area contributed by atoms with Crippen molar-refractivity contribution in [2.75, 3.05) is 5.32 Å². The lowest BCUT2D eigenvalue weighted by molar-refractivity contribution is -0.157. The Hall–Kier alpha value is -3.10. The third-order valence-electron chi connectivity index (χ3n) is 3.39. The Morgan fingerprint density at radius 2 is 1.92 bits per heavy atom. The lowest BCUT2D eigenvalue weighted by atomic mass is 10.1. The van der Waals surface area contributed by atoms with Gasteiger partial charge in [-0.15, -0.1) is 0 Å². The Kier molecular flexibility index (Phi) is 6.16. The number of nitrogens with one attached hydrogen (secondary N) is 3. The molecule has 0 spiro atoms. The number of para-hydroxylation sites is 2. The highest BCUT2D eigenvalue weighted by Crippen LogP contribution is 2.29. The van der Waals surface area contributed by atoms with Crippen LogP contribution in [0.2, 0.25) is 0 Å². The van der Waals surface area contributed by atoms with Crippen molar-refractivity contribution in [2.24, 2.45) is 0 Å². The van der Waals surface area contributed by atoms with Gasteiger partial charge in [0.1, 0.15) is 5.75 Å². The number of hydrogen-bond acceptors (Lipinski definition) is 6. The number of rotatable bonds is 5. The van der Waals surface area contributed by atoms with E-state index in [1.165, 1.54) is 6.92 Å². The maximum atomic E-state index is 12.0. The van der Waals surface area contributed by atoms with Crippen LogP contribution in [0.3, 0.4) is 0 Å². The molecule has 0 radical (unpaired) electrons. The molecule has 2 atom stereocenters. The van der Waals surface area contributed by atoms with Crippen LogP contribution in [0, 0.1) is 0 Å². The first-order valence-electron chi connectivity index (χ1n) is 8.13. The summed E-state index contributed by atoms with van der Waals surface area (Å²) in [6.07, 6.45) is -2.62. The van der Waals surface area contributed by atoms with Gasteiger partial charge in [-0.05, 0) is 32.9 Å². The summed E-state index contributed by atoms with van der Waals surface area (Å²) in [6, 6.07) is 5.99. The number of imide groups is 1. The number of benzene rings is 1. The van der Waals surface area contributed by atoms with Crippen LogP contribution in [-0.2, 0) is 19.1 Å². The molecule has 4 amide bonds. The van der Waals surface area contributed by atoms with Crippen LogP contribution in [0.1, 0.15) is 27.2 Å². The van der Waals surface area contributed by atoms with Gasteiger partial charge >= 0.3 is 12.0 Å². The number of carbonyl (C=O) groups is 4. The molecule has 9 nitrogen and oxygen atoms in total. The van der Waals surface area contributed by atoms with Crippen LogP contribution in [0.25, 0.3) is 0 Å². The van der Waals surface area contributed by atoms with E-state index < -0.39 is 36.0 Å². The number of anilines is 1. The summed E-state index contributed by atoms with van der Waals surface area (Å²) >= 11 is 0. The van der Waals surface area contributed by atoms with Gasteiger partial charge in [0, 0.05) is 6.04 Å². The van der Waals surface area contributed by atoms with E-state index in [2.05, 4.69) is 16.0 Å². The summed E-state index contributed by atoms with van der Waals surface area (Å²) in [5.74, 6) is -1.59. The van der Waals surface area contributed by atoms with Gasteiger partial charge in [-0.1, -0.05) is 12.1 Å². The zero-order valence-corrected chi connectivity index (χ0v) is 14.7. The number of amides is 4. The first-order chi connectivity index (χ1) is 12.3. The van der Waals surface area contributed by atoms with E-state index in [1.54, 1.807) is 38.1 Å². The third kappa shape index (κ3) is 5.20. The zero-order valence-electron chi connectivity index (χ0n) is 14.7. The maximum absolute atomic E-state index is 12.0. The van der Waals surface area contributed by atoms with Gasteiger partial charge < -0.3 is 20.1 Å². The van der Waals surface area contributed by atoms with Gasteiger partial charge in [0.15, 0.2) is 12.2 Å². The summed E-state index contributed by atoms with van der Waals surface area (Å²) < 4.78 is 10.5. The lowest BCUT2D eigenvalue weighted by Gasteiger charge is -2.25. The van der Waals surface area contributed by atoms with Crippen molar-refractivity contribution >= 4 is 29.5 Å². The first kappa shape index (κ1) is 19.2. The van der Waals surface area contributed by atoms with Gasteiger partial charge in [-0.3, -0.25) is 19.7 Å². The summed E-state index contributed by atoms with van der Waals surface area (Å²) in [5, 5.41) is 7.18. The SMILES string of the molecule is CC(C)NC(=O)NC(=O)[C@H](C)OC(=O)C[C@H]1Oc2ccccc2NC1=O. The quantitative estimate of drug-likeness (QED) is 0.669. The minimum absolute atomic E-state index is 0.148. The summed E-state index contributed by atoms with van der Waals surface area (Å²) in [5.41, 5.74) is 0.519. The Balaban J connectivity index is 1.85. The van der Waals surface area contributed by atoms with Crippen LogP contribution < -0.4 is 20.7 Å². The van der Waals surface area contributed by atoms with Crippen molar-refractivity contribution < 1.29 is 28.7 Å². The normalized spacial score (nSPS) is 16.6. The molecule has 0 saturated carbocycles. The molecule has 0 aromatic heterocycles. The Morgan fingerprint density at radius 1 is 1.23 bits per heavy atom. The molecule has 0 saturated heterocycles. The van der Waals surface area contributed by atoms with Crippen molar-refractivity contribution in [3.8, 4) is 5.75 Å². The molecule has 3 N–H and O–H groups in total. The summed E-state index contributed by atoms with van der Waals surface area (Å²) in [6.45, 7) is 4.80. The topological polar surface area (TPSA) is 123 Å². The molecule has 0 bridgehead atoms. The largest absolute Gasteiger partial charge is 0.478 e. The molecule has 1 aromatic rings. The number of ether oxygens (including phenoxy) is 2. The monoisotopic (exact) mass is 363 g/mol. The minimum Gasteiger partial charge on any atom is -0.478 e. The fraction of sp³-hybridized carbons (Fsp3) is 0.412. The summed E-state index contributed by atoms with van der Waals surface area (Å²) in [4.78, 5) is 47.3. The maximum Gasteiger partial charge on any atom is 0.321 e. The molecular weight excluding hydrogens is 342 g/mol. The van der Waals surface area contributed by atoms with Gasteiger partial charge in [0.25, 0.3) is 11.8 Å². The van der Waals surface area contributed by atoms with Gasteiger partial charge in [0.05, 0.1) is 12.1 Å². The van der Waals surface area contributed by atoms with Crippen molar-refractivity contribution in [3.63, 3.8) is 0 Å². The van der Waals surface area contributed by atoms with Crippen molar-refractivity contribution in [1.29, 1.82) is 0 Å². The highest BCUT2D eigenvalue weighted by atomic mass is 16.6. The smallest absolute Gasteiger partial charge is 0.321 e. The second kappa shape index (κ2) is 8.32. The average molecular weight is 363 g/mol. The summed E-state index contributed by atoms with van der Waals surface area (Å²) in [7, 11) is 0. The van der Waals surface area contributed by atoms with Crippen LogP contribution in [0.4, 0.5) is 10.5 Å². The fourth-order valence-electron chi connectivity index (χ4n) is 2.19. The van der Waals surface area contributed by atoms with E-state index in [-0.39, 0.29) is 12.5 Å². The standard InChI is InChI=1S/C17H21N3O6/c1-9(2)18-17(24)20-15(22)10(3)25-14(21)8-13-16(23)19-11-6-4-5-7-12(11)26-13/h4-7,9-10,13H,8H2,1-3H3,(H,19,23)(H2,18,20,22,24)/t10-,13+/m0/s1.